The second-order valence-corrected chi connectivity index (χ2v) is 16.1. The standard InChI is InChI=1S/C59H40N4/c1-5-15-47(16-6-1)61(48-17-7-2-8-18-48)51-29-23-41(24-30-51)42-25-31-56-52(36-42)53-37-43(26-32-57(53)62(56)49-19-9-3-10-20-49)44-27-33-58-54(38-44)55-39-45(46-14-13-35-60-40-46)28-34-59(55)63(58)50-21-11-4-12-22-50/h1-40H. The van der Waals surface area contributed by atoms with Crippen LogP contribution >= 0.6 is 0 Å². The Bertz CT molecular complexity index is 3540. The van der Waals surface area contributed by atoms with E-state index < -0.39 is 0 Å². The number of nitrogens with zero attached hydrogens (tertiary/aromatic N) is 4. The summed E-state index contributed by atoms with van der Waals surface area (Å²) in [5.74, 6) is 0. The Morgan fingerprint density at radius 2 is 0.635 bits per heavy atom. The molecular formula is C59H40N4. The van der Waals surface area contributed by atoms with Gasteiger partial charge in [-0.1, -0.05) is 115 Å². The first kappa shape index (κ1) is 36.4. The Labute approximate surface area is 365 Å². The van der Waals surface area contributed by atoms with E-state index in [9.17, 15) is 0 Å². The lowest BCUT2D eigenvalue weighted by Crippen LogP contribution is -2.09. The van der Waals surface area contributed by atoms with Crippen molar-refractivity contribution in [2.45, 2.75) is 0 Å². The van der Waals surface area contributed by atoms with Crippen molar-refractivity contribution in [1.29, 1.82) is 0 Å². The van der Waals surface area contributed by atoms with Crippen molar-refractivity contribution in [2.75, 3.05) is 4.90 Å². The first-order valence-electron chi connectivity index (χ1n) is 21.4. The Hall–Kier alpha value is -8.47. The van der Waals surface area contributed by atoms with Gasteiger partial charge in [0.05, 0.1) is 22.1 Å². The molecule has 9 aromatic carbocycles. The van der Waals surface area contributed by atoms with Gasteiger partial charge in [-0.25, -0.2) is 0 Å². The highest BCUT2D eigenvalue weighted by molar-refractivity contribution is 6.14. The third-order valence-corrected chi connectivity index (χ3v) is 12.4. The molecule has 0 fully saturated rings. The highest BCUT2D eigenvalue weighted by atomic mass is 15.1. The summed E-state index contributed by atoms with van der Waals surface area (Å²) in [6.45, 7) is 0. The summed E-state index contributed by atoms with van der Waals surface area (Å²) in [6.07, 6.45) is 3.77. The summed E-state index contributed by atoms with van der Waals surface area (Å²) in [7, 11) is 0. The van der Waals surface area contributed by atoms with Crippen LogP contribution in [0.5, 0.6) is 0 Å². The molecule has 0 bridgehead atoms. The van der Waals surface area contributed by atoms with E-state index in [0.717, 1.165) is 39.6 Å². The largest absolute Gasteiger partial charge is 0.311 e. The minimum absolute atomic E-state index is 1.10. The number of hydrogen-bond acceptors (Lipinski definition) is 2. The molecular weight excluding hydrogens is 765 g/mol. The Morgan fingerprint density at radius 3 is 1.03 bits per heavy atom. The fraction of sp³-hybridized carbons (Fsp3) is 0. The normalized spacial score (nSPS) is 11.5. The molecule has 0 aliphatic heterocycles. The molecule has 0 N–H and O–H groups in total. The number of para-hydroxylation sites is 4. The van der Waals surface area contributed by atoms with Gasteiger partial charge >= 0.3 is 0 Å². The molecule has 0 unspecified atom stereocenters. The van der Waals surface area contributed by atoms with Crippen LogP contribution in [0.15, 0.2) is 243 Å². The van der Waals surface area contributed by atoms with Crippen LogP contribution in [-0.4, -0.2) is 14.1 Å². The predicted octanol–water partition coefficient (Wildman–Crippen LogP) is 15.7. The lowest BCUT2D eigenvalue weighted by atomic mass is 9.98. The van der Waals surface area contributed by atoms with Gasteiger partial charge < -0.3 is 14.0 Å². The third-order valence-electron chi connectivity index (χ3n) is 12.4. The summed E-state index contributed by atoms with van der Waals surface area (Å²) in [5.41, 5.74) is 17.3. The molecule has 3 aromatic heterocycles. The van der Waals surface area contributed by atoms with Gasteiger partial charge in [0.15, 0.2) is 0 Å². The van der Waals surface area contributed by atoms with Gasteiger partial charge in [0, 0.05) is 67.9 Å². The van der Waals surface area contributed by atoms with Crippen molar-refractivity contribution >= 4 is 60.7 Å². The summed E-state index contributed by atoms with van der Waals surface area (Å²) in [6, 6.07) is 83.2. The van der Waals surface area contributed by atoms with E-state index in [4.69, 9.17) is 0 Å². The first-order chi connectivity index (χ1) is 31.2. The van der Waals surface area contributed by atoms with Crippen LogP contribution in [0.3, 0.4) is 0 Å². The number of hydrogen-bond donors (Lipinski definition) is 0. The van der Waals surface area contributed by atoms with Crippen LogP contribution in [-0.2, 0) is 0 Å². The number of aromatic nitrogens is 3. The molecule has 0 amide bonds. The SMILES string of the molecule is c1ccc(N(c2ccccc2)c2ccc(-c3ccc4c(c3)c3cc(-c5ccc6c(c5)c5cc(-c7cccnc7)ccc5n6-c5ccccc5)ccc3n4-c3ccccc3)cc2)cc1. The van der Waals surface area contributed by atoms with E-state index in [2.05, 4.69) is 243 Å². The monoisotopic (exact) mass is 804 g/mol. The lowest BCUT2D eigenvalue weighted by Gasteiger charge is -2.25. The lowest BCUT2D eigenvalue weighted by molar-refractivity contribution is 1.18. The van der Waals surface area contributed by atoms with Gasteiger partial charge in [-0.05, 0) is 143 Å². The smallest absolute Gasteiger partial charge is 0.0541 e. The fourth-order valence-corrected chi connectivity index (χ4v) is 9.41. The fourth-order valence-electron chi connectivity index (χ4n) is 9.41. The van der Waals surface area contributed by atoms with Crippen molar-refractivity contribution in [1.82, 2.24) is 14.1 Å². The average molecular weight is 805 g/mol. The van der Waals surface area contributed by atoms with E-state index >= 15 is 0 Å². The minimum atomic E-state index is 1.10. The molecule has 296 valence electrons. The summed E-state index contributed by atoms with van der Waals surface area (Å²) in [5, 5.41) is 4.86. The van der Waals surface area contributed by atoms with Crippen LogP contribution in [0.25, 0.3) is 88.4 Å². The minimum Gasteiger partial charge on any atom is -0.311 e. The quantitative estimate of drug-likeness (QED) is 0.153. The molecule has 0 aliphatic rings. The van der Waals surface area contributed by atoms with Crippen molar-refractivity contribution < 1.29 is 0 Å². The van der Waals surface area contributed by atoms with E-state index in [-0.39, 0.29) is 0 Å². The van der Waals surface area contributed by atoms with E-state index in [1.54, 1.807) is 0 Å². The van der Waals surface area contributed by atoms with Gasteiger partial charge in [0.1, 0.15) is 0 Å². The highest BCUT2D eigenvalue weighted by Gasteiger charge is 2.18. The van der Waals surface area contributed by atoms with Gasteiger partial charge in [-0.2, -0.15) is 0 Å². The van der Waals surface area contributed by atoms with Crippen molar-refractivity contribution in [3.05, 3.63) is 243 Å². The van der Waals surface area contributed by atoms with Crippen LogP contribution in [0.2, 0.25) is 0 Å². The predicted molar refractivity (Wildman–Crippen MR) is 264 cm³/mol. The molecule has 0 saturated heterocycles. The van der Waals surface area contributed by atoms with Gasteiger partial charge in [0.2, 0.25) is 0 Å². The molecule has 0 spiro atoms. The highest BCUT2D eigenvalue weighted by Crippen LogP contribution is 2.41. The molecule has 0 aliphatic carbocycles. The first-order valence-corrected chi connectivity index (χ1v) is 21.4. The van der Waals surface area contributed by atoms with E-state index in [1.807, 2.05) is 18.5 Å². The Balaban J connectivity index is 1.00. The van der Waals surface area contributed by atoms with Crippen molar-refractivity contribution in [3.8, 4) is 44.8 Å². The van der Waals surface area contributed by atoms with Gasteiger partial charge in [-0.3, -0.25) is 4.98 Å². The Kier molecular flexibility index (Phi) is 8.79. The zero-order valence-electron chi connectivity index (χ0n) is 34.4. The van der Waals surface area contributed by atoms with E-state index in [1.165, 1.54) is 65.9 Å². The van der Waals surface area contributed by atoms with Crippen molar-refractivity contribution in [3.63, 3.8) is 0 Å². The van der Waals surface area contributed by atoms with Crippen LogP contribution in [0, 0.1) is 0 Å². The molecule has 4 nitrogen and oxygen atoms in total. The van der Waals surface area contributed by atoms with Crippen LogP contribution in [0.1, 0.15) is 0 Å². The molecule has 3 heterocycles. The number of benzene rings is 9. The maximum absolute atomic E-state index is 4.42. The molecule has 12 aromatic rings. The molecule has 4 heteroatoms. The molecule has 0 saturated carbocycles. The maximum Gasteiger partial charge on any atom is 0.0541 e. The van der Waals surface area contributed by atoms with Crippen LogP contribution < -0.4 is 4.90 Å². The number of rotatable bonds is 8. The zero-order valence-corrected chi connectivity index (χ0v) is 34.4. The maximum atomic E-state index is 4.42. The van der Waals surface area contributed by atoms with Crippen LogP contribution in [0.4, 0.5) is 17.1 Å². The number of anilines is 3. The second-order valence-electron chi connectivity index (χ2n) is 16.1. The number of pyridine rings is 1. The molecule has 12 rings (SSSR count). The molecule has 63 heavy (non-hydrogen) atoms. The van der Waals surface area contributed by atoms with Gasteiger partial charge in [-0.15, -0.1) is 0 Å². The summed E-state index contributed by atoms with van der Waals surface area (Å²) < 4.78 is 4.78. The Morgan fingerprint density at radius 1 is 0.286 bits per heavy atom. The second kappa shape index (κ2) is 15.2. The molecule has 0 radical (unpaired) electrons. The average Bonchev–Trinajstić information content (AvgIpc) is 3.87. The van der Waals surface area contributed by atoms with Gasteiger partial charge in [0.25, 0.3) is 0 Å². The number of fused-ring (bicyclic) bond motifs is 6. The topological polar surface area (TPSA) is 26.0 Å². The third kappa shape index (κ3) is 6.36. The molecule has 0 atom stereocenters. The summed E-state index contributed by atoms with van der Waals surface area (Å²) in [4.78, 5) is 6.73. The zero-order chi connectivity index (χ0) is 41.7. The summed E-state index contributed by atoms with van der Waals surface area (Å²) >= 11 is 0. The van der Waals surface area contributed by atoms with Crippen molar-refractivity contribution in [2.24, 2.45) is 0 Å². The van der Waals surface area contributed by atoms with E-state index in [0.29, 0.717) is 0 Å².